The van der Waals surface area contributed by atoms with Gasteiger partial charge >= 0.3 is 0 Å². The number of carbonyl (C=O) groups excluding carboxylic acids is 1. The normalized spacial score (nSPS) is 14.8. The van der Waals surface area contributed by atoms with Crippen molar-refractivity contribution in [3.05, 3.63) is 47.5 Å². The van der Waals surface area contributed by atoms with Gasteiger partial charge in [0.25, 0.3) is 5.91 Å². The lowest BCUT2D eigenvalue weighted by atomic mass is 10.1. The molecule has 1 aliphatic carbocycles. The maximum absolute atomic E-state index is 12.8. The molecule has 1 amide bonds. The molecule has 1 fully saturated rings. The van der Waals surface area contributed by atoms with Crippen molar-refractivity contribution < 1.29 is 23.1 Å². The fourth-order valence-corrected chi connectivity index (χ4v) is 4.80. The molecule has 7 nitrogen and oxygen atoms in total. The Balaban J connectivity index is 1.88. The predicted octanol–water partition coefficient (Wildman–Crippen LogP) is 3.18. The van der Waals surface area contributed by atoms with Crippen LogP contribution in [0.3, 0.4) is 0 Å². The molecule has 1 saturated carbocycles. The van der Waals surface area contributed by atoms with Gasteiger partial charge in [-0.1, -0.05) is 18.9 Å². The van der Waals surface area contributed by atoms with E-state index in [1.807, 2.05) is 6.92 Å². The average molecular weight is 404 g/mol. The second-order valence-corrected chi connectivity index (χ2v) is 8.63. The fourth-order valence-electron chi connectivity index (χ4n) is 3.30. The highest BCUT2D eigenvalue weighted by Crippen LogP contribution is 2.29. The van der Waals surface area contributed by atoms with Gasteiger partial charge in [-0.15, -0.1) is 0 Å². The first-order valence-corrected chi connectivity index (χ1v) is 10.6. The summed E-state index contributed by atoms with van der Waals surface area (Å²) in [4.78, 5) is 12.5. The van der Waals surface area contributed by atoms with Gasteiger partial charge in [0.2, 0.25) is 10.0 Å². The standard InChI is InChI=1S/C20H24N2O5S/c1-13-7-9-16(17(23)11-13)21-20(24)14-8-10-18(27-2)19(12-14)28(25,26)22-15-5-3-4-6-15/h7-12,15,22-23H,3-6H2,1-2H3,(H,21,24). The quantitative estimate of drug-likeness (QED) is 0.642. The number of methoxy groups -OCH3 is 1. The Morgan fingerprint density at radius 1 is 1.14 bits per heavy atom. The minimum Gasteiger partial charge on any atom is -0.506 e. The number of ether oxygens (including phenoxy) is 1. The molecule has 0 heterocycles. The zero-order chi connectivity index (χ0) is 20.3. The zero-order valence-corrected chi connectivity index (χ0v) is 16.7. The lowest BCUT2D eigenvalue weighted by Crippen LogP contribution is -2.33. The molecule has 3 rings (SSSR count). The first-order valence-electron chi connectivity index (χ1n) is 9.11. The van der Waals surface area contributed by atoms with Gasteiger partial charge in [0.15, 0.2) is 0 Å². The van der Waals surface area contributed by atoms with Gasteiger partial charge in [-0.3, -0.25) is 4.79 Å². The number of aromatic hydroxyl groups is 1. The van der Waals surface area contributed by atoms with Crippen molar-refractivity contribution in [1.29, 1.82) is 0 Å². The van der Waals surface area contributed by atoms with Crippen LogP contribution in [0.4, 0.5) is 5.69 Å². The largest absolute Gasteiger partial charge is 0.506 e. The van der Waals surface area contributed by atoms with E-state index in [-0.39, 0.29) is 33.7 Å². The molecule has 2 aromatic rings. The lowest BCUT2D eigenvalue weighted by molar-refractivity contribution is 0.102. The minimum atomic E-state index is -3.83. The van der Waals surface area contributed by atoms with Crippen LogP contribution < -0.4 is 14.8 Å². The van der Waals surface area contributed by atoms with E-state index in [9.17, 15) is 18.3 Å². The molecule has 0 aliphatic heterocycles. The summed E-state index contributed by atoms with van der Waals surface area (Å²) in [5.74, 6) is -0.419. The van der Waals surface area contributed by atoms with Crippen LogP contribution in [0.1, 0.15) is 41.6 Å². The Hall–Kier alpha value is -2.58. The Bertz CT molecular complexity index is 982. The number of carbonyl (C=O) groups is 1. The van der Waals surface area contributed by atoms with Crippen molar-refractivity contribution in [3.8, 4) is 11.5 Å². The first kappa shape index (κ1) is 20.2. The molecule has 0 spiro atoms. The summed E-state index contributed by atoms with van der Waals surface area (Å²) in [6, 6.07) is 9.00. The first-order chi connectivity index (χ1) is 13.3. The van der Waals surface area contributed by atoms with Gasteiger partial charge in [-0.25, -0.2) is 13.1 Å². The summed E-state index contributed by atoms with van der Waals surface area (Å²) < 4.78 is 33.5. The highest BCUT2D eigenvalue weighted by Gasteiger charge is 2.26. The Kier molecular flexibility index (Phi) is 5.90. The number of benzene rings is 2. The highest BCUT2D eigenvalue weighted by molar-refractivity contribution is 7.89. The Morgan fingerprint density at radius 2 is 1.86 bits per heavy atom. The summed E-state index contributed by atoms with van der Waals surface area (Å²) >= 11 is 0. The Labute approximate surface area is 164 Å². The maximum atomic E-state index is 12.8. The van der Waals surface area contributed by atoms with Crippen molar-refractivity contribution in [2.24, 2.45) is 0 Å². The number of phenolic OH excluding ortho intramolecular Hbond substituents is 1. The second kappa shape index (κ2) is 8.20. The summed E-state index contributed by atoms with van der Waals surface area (Å²) in [6.45, 7) is 1.82. The number of amides is 1. The molecule has 0 saturated heterocycles. The number of phenols is 1. The van der Waals surface area contributed by atoms with Crippen LogP contribution >= 0.6 is 0 Å². The summed E-state index contributed by atoms with van der Waals surface area (Å²) in [6.07, 6.45) is 3.59. The molecule has 150 valence electrons. The number of sulfonamides is 1. The van der Waals surface area contributed by atoms with Gasteiger partial charge in [-0.2, -0.15) is 0 Å². The molecular weight excluding hydrogens is 380 g/mol. The van der Waals surface area contributed by atoms with Crippen molar-refractivity contribution in [3.63, 3.8) is 0 Å². The van der Waals surface area contributed by atoms with Crippen LogP contribution in [-0.4, -0.2) is 32.6 Å². The van der Waals surface area contributed by atoms with E-state index in [1.165, 1.54) is 31.4 Å². The van der Waals surface area contributed by atoms with E-state index in [0.29, 0.717) is 0 Å². The van der Waals surface area contributed by atoms with E-state index < -0.39 is 15.9 Å². The van der Waals surface area contributed by atoms with E-state index >= 15 is 0 Å². The average Bonchev–Trinajstić information content (AvgIpc) is 3.15. The van der Waals surface area contributed by atoms with Crippen LogP contribution in [0.5, 0.6) is 11.5 Å². The third kappa shape index (κ3) is 4.45. The summed E-state index contributed by atoms with van der Waals surface area (Å²) in [5, 5.41) is 12.6. The van der Waals surface area contributed by atoms with Gasteiger partial charge in [0, 0.05) is 11.6 Å². The smallest absolute Gasteiger partial charge is 0.255 e. The number of anilines is 1. The topological polar surface area (TPSA) is 105 Å². The molecular formula is C20H24N2O5S. The maximum Gasteiger partial charge on any atom is 0.255 e. The van der Waals surface area contributed by atoms with Crippen LogP contribution in [0.2, 0.25) is 0 Å². The number of aryl methyl sites for hydroxylation is 1. The van der Waals surface area contributed by atoms with Crippen molar-refractivity contribution in [1.82, 2.24) is 4.72 Å². The molecule has 1 aliphatic rings. The molecule has 0 radical (unpaired) electrons. The number of hydrogen-bond acceptors (Lipinski definition) is 5. The lowest BCUT2D eigenvalue weighted by Gasteiger charge is -2.16. The fraction of sp³-hybridized carbons (Fsp3) is 0.350. The van der Waals surface area contributed by atoms with E-state index in [1.54, 1.807) is 12.1 Å². The third-order valence-electron chi connectivity index (χ3n) is 4.79. The predicted molar refractivity (Wildman–Crippen MR) is 106 cm³/mol. The second-order valence-electron chi connectivity index (χ2n) is 6.94. The molecule has 0 aromatic heterocycles. The zero-order valence-electron chi connectivity index (χ0n) is 15.9. The molecule has 28 heavy (non-hydrogen) atoms. The molecule has 0 unspecified atom stereocenters. The molecule has 2 aromatic carbocycles. The molecule has 0 bridgehead atoms. The van der Waals surface area contributed by atoms with Gasteiger partial charge < -0.3 is 15.2 Å². The highest BCUT2D eigenvalue weighted by atomic mass is 32.2. The third-order valence-corrected chi connectivity index (χ3v) is 6.34. The number of hydrogen-bond donors (Lipinski definition) is 3. The van der Waals surface area contributed by atoms with Crippen molar-refractivity contribution in [2.75, 3.05) is 12.4 Å². The molecule has 8 heteroatoms. The number of nitrogens with one attached hydrogen (secondary N) is 2. The minimum absolute atomic E-state index is 0.0578. The van der Waals surface area contributed by atoms with Gasteiger partial charge in [-0.05, 0) is 55.7 Å². The van der Waals surface area contributed by atoms with Crippen molar-refractivity contribution in [2.45, 2.75) is 43.5 Å². The molecule has 0 atom stereocenters. The van der Waals surface area contributed by atoms with Crippen LogP contribution in [-0.2, 0) is 10.0 Å². The van der Waals surface area contributed by atoms with Crippen LogP contribution in [0.15, 0.2) is 41.3 Å². The molecule has 3 N–H and O–H groups in total. The number of rotatable bonds is 6. The van der Waals surface area contributed by atoms with Crippen LogP contribution in [0, 0.1) is 6.92 Å². The van der Waals surface area contributed by atoms with Gasteiger partial charge in [0.05, 0.1) is 12.8 Å². The summed E-state index contributed by atoms with van der Waals surface area (Å²) in [5.41, 5.74) is 1.25. The monoisotopic (exact) mass is 404 g/mol. The Morgan fingerprint density at radius 3 is 2.50 bits per heavy atom. The van der Waals surface area contributed by atoms with Gasteiger partial charge in [0.1, 0.15) is 16.4 Å². The van der Waals surface area contributed by atoms with E-state index in [4.69, 9.17) is 4.74 Å². The van der Waals surface area contributed by atoms with Crippen LogP contribution in [0.25, 0.3) is 0 Å². The van der Waals surface area contributed by atoms with E-state index in [0.717, 1.165) is 31.2 Å². The van der Waals surface area contributed by atoms with Crippen molar-refractivity contribution >= 4 is 21.6 Å². The summed E-state index contributed by atoms with van der Waals surface area (Å²) in [7, 11) is -2.45. The SMILES string of the molecule is COc1ccc(C(=O)Nc2ccc(C)cc2O)cc1S(=O)(=O)NC1CCCC1. The van der Waals surface area contributed by atoms with E-state index in [2.05, 4.69) is 10.0 Å².